The van der Waals surface area contributed by atoms with Crippen molar-refractivity contribution >= 4 is 58.6 Å². The fourth-order valence-corrected chi connectivity index (χ4v) is 4.77. The van der Waals surface area contributed by atoms with Crippen molar-refractivity contribution in [3.8, 4) is 0 Å². The molecule has 44 heavy (non-hydrogen) atoms. The molecule has 0 heterocycles. The van der Waals surface area contributed by atoms with Crippen molar-refractivity contribution in [2.75, 3.05) is 10.6 Å². The molecule has 1 unspecified atom stereocenters. The highest BCUT2D eigenvalue weighted by molar-refractivity contribution is 8.00. The van der Waals surface area contributed by atoms with Crippen molar-refractivity contribution in [2.45, 2.75) is 17.1 Å². The van der Waals surface area contributed by atoms with E-state index in [1.165, 1.54) is 66.4 Å². The van der Waals surface area contributed by atoms with E-state index in [0.29, 0.717) is 27.4 Å². The number of non-ortho nitro benzene ring substituents is 1. The molecule has 0 radical (unpaired) electrons. The lowest BCUT2D eigenvalue weighted by atomic mass is 10.1. The standard InChI is InChI=1S/C32H26N4O7S/c1-20(29(37)33-24-14-12-23(13-15-24)32(40)41)44-27-9-5-8-25(19-27)34-31(39)28(35-30(38)22-6-3-2-4-7-22)18-21-10-16-26(17-11-21)36(42)43/h2-20H,1H3,(H,33,37)(H,34,39)(H,35,38)(H,40,41)/b28-18+. The van der Waals surface area contributed by atoms with Gasteiger partial charge >= 0.3 is 5.97 Å². The molecule has 4 aromatic carbocycles. The second kappa shape index (κ2) is 14.4. The minimum atomic E-state index is -1.06. The maximum absolute atomic E-state index is 13.4. The second-order valence-electron chi connectivity index (χ2n) is 9.34. The highest BCUT2D eigenvalue weighted by Crippen LogP contribution is 2.27. The molecular formula is C32H26N4O7S. The number of nitro groups is 1. The molecule has 0 saturated carbocycles. The Morgan fingerprint density at radius 2 is 1.50 bits per heavy atom. The third kappa shape index (κ3) is 8.63. The van der Waals surface area contributed by atoms with E-state index in [9.17, 15) is 29.3 Å². The predicted molar refractivity (Wildman–Crippen MR) is 167 cm³/mol. The molecule has 1 atom stereocenters. The summed E-state index contributed by atoms with van der Waals surface area (Å²) in [6, 6.07) is 26.5. The first-order chi connectivity index (χ1) is 21.1. The Morgan fingerprint density at radius 3 is 2.14 bits per heavy atom. The third-order valence-electron chi connectivity index (χ3n) is 6.12. The Morgan fingerprint density at radius 1 is 0.818 bits per heavy atom. The van der Waals surface area contributed by atoms with Crippen LogP contribution in [0.4, 0.5) is 17.1 Å². The summed E-state index contributed by atoms with van der Waals surface area (Å²) in [6.45, 7) is 1.71. The zero-order chi connectivity index (χ0) is 31.6. The molecule has 0 bridgehead atoms. The van der Waals surface area contributed by atoms with Gasteiger partial charge in [-0.25, -0.2) is 4.79 Å². The Kier molecular flexibility index (Phi) is 10.2. The Hall–Kier alpha value is -5.75. The van der Waals surface area contributed by atoms with Crippen molar-refractivity contribution < 1.29 is 29.2 Å². The molecule has 0 aliphatic carbocycles. The maximum atomic E-state index is 13.4. The minimum Gasteiger partial charge on any atom is -0.478 e. The second-order valence-corrected chi connectivity index (χ2v) is 10.8. The first-order valence-corrected chi connectivity index (χ1v) is 14.0. The average molecular weight is 611 g/mol. The molecule has 0 aliphatic heterocycles. The molecule has 0 saturated heterocycles. The van der Waals surface area contributed by atoms with Gasteiger partial charge in [0.05, 0.1) is 15.7 Å². The summed E-state index contributed by atoms with van der Waals surface area (Å²) >= 11 is 1.25. The van der Waals surface area contributed by atoms with Gasteiger partial charge in [0.1, 0.15) is 5.70 Å². The number of aromatic carboxylic acids is 1. The summed E-state index contributed by atoms with van der Waals surface area (Å²) in [5.41, 5.74) is 1.55. The van der Waals surface area contributed by atoms with E-state index in [4.69, 9.17) is 5.11 Å². The van der Waals surface area contributed by atoms with Gasteiger partial charge < -0.3 is 21.1 Å². The van der Waals surface area contributed by atoms with Gasteiger partial charge in [-0.15, -0.1) is 11.8 Å². The SMILES string of the molecule is CC(Sc1cccc(NC(=O)/C(=C\c2ccc([N+](=O)[O-])cc2)NC(=O)c2ccccc2)c1)C(=O)Nc1ccc(C(=O)O)cc1. The van der Waals surface area contributed by atoms with E-state index >= 15 is 0 Å². The quantitative estimate of drug-likeness (QED) is 0.0713. The molecule has 0 spiro atoms. The Labute approximate surface area is 256 Å². The summed E-state index contributed by atoms with van der Waals surface area (Å²) in [5.74, 6) is -2.52. The number of hydrogen-bond acceptors (Lipinski definition) is 7. The third-order valence-corrected chi connectivity index (χ3v) is 7.21. The number of rotatable bonds is 11. The van der Waals surface area contributed by atoms with Crippen LogP contribution in [0.5, 0.6) is 0 Å². The molecule has 4 rings (SSSR count). The first-order valence-electron chi connectivity index (χ1n) is 13.1. The number of carboxylic acids is 1. The molecule has 4 N–H and O–H groups in total. The summed E-state index contributed by atoms with van der Waals surface area (Å²) in [6.07, 6.45) is 1.41. The van der Waals surface area contributed by atoms with Crippen molar-refractivity contribution in [3.63, 3.8) is 0 Å². The Balaban J connectivity index is 1.47. The molecule has 222 valence electrons. The number of carboxylic acid groups (broad SMARTS) is 1. The number of carbonyl (C=O) groups excluding carboxylic acids is 3. The lowest BCUT2D eigenvalue weighted by Gasteiger charge is -2.14. The minimum absolute atomic E-state index is 0.0903. The number of nitrogens with one attached hydrogen (secondary N) is 3. The van der Waals surface area contributed by atoms with Gasteiger partial charge in [0.15, 0.2) is 0 Å². The van der Waals surface area contributed by atoms with Crippen LogP contribution < -0.4 is 16.0 Å². The lowest BCUT2D eigenvalue weighted by molar-refractivity contribution is -0.384. The van der Waals surface area contributed by atoms with Crippen molar-refractivity contribution in [1.82, 2.24) is 5.32 Å². The van der Waals surface area contributed by atoms with Gasteiger partial charge in [0.2, 0.25) is 5.91 Å². The van der Waals surface area contributed by atoms with Crippen LogP contribution in [0, 0.1) is 10.1 Å². The highest BCUT2D eigenvalue weighted by Gasteiger charge is 2.18. The molecule has 0 fully saturated rings. The van der Waals surface area contributed by atoms with E-state index in [1.807, 2.05) is 0 Å². The molecule has 3 amide bonds. The van der Waals surface area contributed by atoms with Gasteiger partial charge in [-0.3, -0.25) is 24.5 Å². The van der Waals surface area contributed by atoms with Crippen LogP contribution in [0.2, 0.25) is 0 Å². The number of anilines is 2. The van der Waals surface area contributed by atoms with E-state index in [2.05, 4.69) is 16.0 Å². The molecule has 0 aromatic heterocycles. The fraction of sp³-hybridized carbons (Fsp3) is 0.0625. The number of carbonyl (C=O) groups is 4. The van der Waals surface area contributed by atoms with E-state index in [1.54, 1.807) is 61.5 Å². The topological polar surface area (TPSA) is 168 Å². The molecule has 0 aliphatic rings. The van der Waals surface area contributed by atoms with Crippen molar-refractivity contribution in [3.05, 3.63) is 136 Å². The van der Waals surface area contributed by atoms with Crippen LogP contribution in [0.1, 0.15) is 33.2 Å². The number of hydrogen-bond donors (Lipinski definition) is 4. The molecule has 4 aromatic rings. The zero-order valence-electron chi connectivity index (χ0n) is 23.2. The summed E-state index contributed by atoms with van der Waals surface area (Å²) in [4.78, 5) is 61.2. The van der Waals surface area contributed by atoms with Gasteiger partial charge in [-0.05, 0) is 85.3 Å². The van der Waals surface area contributed by atoms with Gasteiger partial charge in [-0.1, -0.05) is 24.3 Å². The predicted octanol–water partition coefficient (Wildman–Crippen LogP) is 5.82. The maximum Gasteiger partial charge on any atom is 0.335 e. The van der Waals surface area contributed by atoms with Crippen LogP contribution in [0.3, 0.4) is 0 Å². The monoisotopic (exact) mass is 610 g/mol. The number of benzene rings is 4. The fourth-order valence-electron chi connectivity index (χ4n) is 3.84. The number of nitro benzene ring substituents is 1. The van der Waals surface area contributed by atoms with Crippen LogP contribution in [0.15, 0.2) is 114 Å². The molecule has 12 heteroatoms. The van der Waals surface area contributed by atoms with Gasteiger partial charge in [-0.2, -0.15) is 0 Å². The first kappa shape index (κ1) is 31.2. The highest BCUT2D eigenvalue weighted by atomic mass is 32.2. The van der Waals surface area contributed by atoms with E-state index in [-0.39, 0.29) is 22.9 Å². The zero-order valence-corrected chi connectivity index (χ0v) is 24.0. The average Bonchev–Trinajstić information content (AvgIpc) is 3.01. The number of amides is 3. The number of thioether (sulfide) groups is 1. The van der Waals surface area contributed by atoms with Crippen molar-refractivity contribution in [2.24, 2.45) is 0 Å². The van der Waals surface area contributed by atoms with Gasteiger partial charge in [0, 0.05) is 34.0 Å². The van der Waals surface area contributed by atoms with Crippen LogP contribution in [-0.2, 0) is 9.59 Å². The van der Waals surface area contributed by atoms with Crippen molar-refractivity contribution in [1.29, 1.82) is 0 Å². The molecular weight excluding hydrogens is 584 g/mol. The number of nitrogens with zero attached hydrogens (tertiary/aromatic N) is 1. The van der Waals surface area contributed by atoms with Crippen LogP contribution >= 0.6 is 11.8 Å². The summed E-state index contributed by atoms with van der Waals surface area (Å²) < 4.78 is 0. The van der Waals surface area contributed by atoms with Gasteiger partial charge in [0.25, 0.3) is 17.5 Å². The summed E-state index contributed by atoms with van der Waals surface area (Å²) in [7, 11) is 0. The van der Waals surface area contributed by atoms with Crippen LogP contribution in [-0.4, -0.2) is 39.0 Å². The largest absolute Gasteiger partial charge is 0.478 e. The van der Waals surface area contributed by atoms with E-state index in [0.717, 1.165) is 0 Å². The lowest BCUT2D eigenvalue weighted by Crippen LogP contribution is -2.30. The Bertz CT molecular complexity index is 1720. The van der Waals surface area contributed by atoms with Crippen LogP contribution in [0.25, 0.3) is 6.08 Å². The normalized spacial score (nSPS) is 11.6. The molecule has 11 nitrogen and oxygen atoms in total. The smallest absolute Gasteiger partial charge is 0.335 e. The van der Waals surface area contributed by atoms with E-state index < -0.39 is 28.0 Å². The summed E-state index contributed by atoms with van der Waals surface area (Å²) in [5, 5.41) is 27.6.